The highest BCUT2D eigenvalue weighted by atomic mass is 32.1. The summed E-state index contributed by atoms with van der Waals surface area (Å²) < 4.78 is 5.52. The Balaban J connectivity index is 2.94. The van der Waals surface area contributed by atoms with Gasteiger partial charge in [0.25, 0.3) is 0 Å². The van der Waals surface area contributed by atoms with E-state index >= 15 is 0 Å². The zero-order chi connectivity index (χ0) is 14.9. The lowest BCUT2D eigenvalue weighted by Gasteiger charge is -2.04. The van der Waals surface area contributed by atoms with Crippen molar-refractivity contribution in [2.75, 3.05) is 6.61 Å². The number of hydrogen-bond donors (Lipinski definition) is 1. The second-order valence-electron chi connectivity index (χ2n) is 5.71. The van der Waals surface area contributed by atoms with Crippen molar-refractivity contribution in [3.8, 4) is 0 Å². The van der Waals surface area contributed by atoms with Gasteiger partial charge in [-0.25, -0.2) is 0 Å². The summed E-state index contributed by atoms with van der Waals surface area (Å²) >= 11 is 8.67. The molecule has 0 atom stereocenters. The molecular formula is C17H34OS2. The van der Waals surface area contributed by atoms with Crippen LogP contribution in [0.2, 0.25) is 0 Å². The molecule has 0 heterocycles. The van der Waals surface area contributed by atoms with Crippen LogP contribution < -0.4 is 0 Å². The molecule has 20 heavy (non-hydrogen) atoms. The molecule has 0 unspecified atom stereocenters. The van der Waals surface area contributed by atoms with Gasteiger partial charge >= 0.3 is 0 Å². The van der Waals surface area contributed by atoms with Crippen LogP contribution in [0.1, 0.15) is 96.8 Å². The normalized spacial score (nSPS) is 10.7. The quantitative estimate of drug-likeness (QED) is 0.204. The van der Waals surface area contributed by atoms with Gasteiger partial charge in [0.2, 0.25) is 4.38 Å². The summed E-state index contributed by atoms with van der Waals surface area (Å²) in [5.41, 5.74) is 0. The first-order valence-corrected chi connectivity index (χ1v) is 9.48. The van der Waals surface area contributed by atoms with E-state index < -0.39 is 0 Å². The lowest BCUT2D eigenvalue weighted by atomic mass is 10.0. The van der Waals surface area contributed by atoms with Gasteiger partial charge in [0.1, 0.15) is 0 Å². The van der Waals surface area contributed by atoms with Gasteiger partial charge in [-0.05, 0) is 18.6 Å². The third-order valence-electron chi connectivity index (χ3n) is 3.72. The zero-order valence-corrected chi connectivity index (χ0v) is 15.1. The molecule has 0 aliphatic rings. The fourth-order valence-electron chi connectivity index (χ4n) is 2.46. The summed E-state index contributed by atoms with van der Waals surface area (Å²) in [6.07, 6.45) is 19.4. The molecule has 120 valence electrons. The summed E-state index contributed by atoms with van der Waals surface area (Å²) in [5, 5.41) is 0. The molecule has 0 aromatic rings. The van der Waals surface area contributed by atoms with E-state index in [4.69, 9.17) is 17.0 Å². The van der Waals surface area contributed by atoms with Crippen molar-refractivity contribution >= 4 is 29.2 Å². The maximum absolute atomic E-state index is 5.14. The highest BCUT2D eigenvalue weighted by Crippen LogP contribution is 2.12. The molecule has 3 heteroatoms. The summed E-state index contributed by atoms with van der Waals surface area (Å²) in [6.45, 7) is 3.02. The number of rotatable bonds is 15. The molecule has 0 radical (unpaired) electrons. The summed E-state index contributed by atoms with van der Waals surface area (Å²) in [5.74, 6) is 0. The van der Waals surface area contributed by atoms with E-state index in [1.165, 1.54) is 83.5 Å². The van der Waals surface area contributed by atoms with Gasteiger partial charge in [0.05, 0.1) is 6.61 Å². The fraction of sp³-hybridized carbons (Fsp3) is 0.941. The number of ether oxygens (including phenoxy) is 1. The minimum Gasteiger partial charge on any atom is -0.479 e. The van der Waals surface area contributed by atoms with Gasteiger partial charge in [0.15, 0.2) is 0 Å². The minimum atomic E-state index is 0.375. The maximum atomic E-state index is 5.14. The Morgan fingerprint density at radius 2 is 1.05 bits per heavy atom. The average Bonchev–Trinajstić information content (AvgIpc) is 2.43. The second kappa shape index (κ2) is 17.3. The highest BCUT2D eigenvalue weighted by molar-refractivity contribution is 8.10. The third-order valence-corrected chi connectivity index (χ3v) is 3.97. The molecule has 0 spiro atoms. The van der Waals surface area contributed by atoms with Crippen molar-refractivity contribution in [3.63, 3.8) is 0 Å². The molecule has 0 aromatic carbocycles. The molecule has 0 saturated carbocycles. The molecule has 0 N–H and O–H groups in total. The SMILES string of the molecule is CCCCCCCCCCCCCCCCOC(=S)S. The van der Waals surface area contributed by atoms with Gasteiger partial charge in [-0.3, -0.25) is 0 Å². The first-order chi connectivity index (χ1) is 9.77. The number of thiol groups is 1. The van der Waals surface area contributed by atoms with Gasteiger partial charge in [0, 0.05) is 0 Å². The van der Waals surface area contributed by atoms with Crippen LogP contribution in [0.4, 0.5) is 0 Å². The molecule has 1 nitrogen and oxygen atoms in total. The molecule has 0 fully saturated rings. The molecule has 0 aliphatic heterocycles. The topological polar surface area (TPSA) is 9.23 Å². The van der Waals surface area contributed by atoms with Crippen molar-refractivity contribution < 1.29 is 4.74 Å². The Bertz CT molecular complexity index is 207. The summed E-state index contributed by atoms with van der Waals surface area (Å²) in [4.78, 5) is 0. The molecule has 0 saturated heterocycles. The van der Waals surface area contributed by atoms with E-state index in [1.807, 2.05) is 0 Å². The number of unbranched alkanes of at least 4 members (excludes halogenated alkanes) is 13. The number of thiocarbonyl (C=S) groups is 1. The number of hydrogen-bond acceptors (Lipinski definition) is 2. The third kappa shape index (κ3) is 18.2. The van der Waals surface area contributed by atoms with Crippen LogP contribution in [0.15, 0.2) is 0 Å². The largest absolute Gasteiger partial charge is 0.479 e. The molecule has 0 aromatic heterocycles. The van der Waals surface area contributed by atoms with Crippen molar-refractivity contribution in [1.82, 2.24) is 0 Å². The Morgan fingerprint density at radius 3 is 1.40 bits per heavy atom. The van der Waals surface area contributed by atoms with Crippen LogP contribution in [-0.2, 0) is 4.74 Å². The van der Waals surface area contributed by atoms with E-state index in [2.05, 4.69) is 19.6 Å². The van der Waals surface area contributed by atoms with Gasteiger partial charge in [-0.2, -0.15) is 0 Å². The fourth-order valence-corrected chi connectivity index (χ4v) is 2.63. The lowest BCUT2D eigenvalue weighted by Crippen LogP contribution is -1.95. The second-order valence-corrected chi connectivity index (χ2v) is 6.79. The van der Waals surface area contributed by atoms with Crippen LogP contribution in [0.5, 0.6) is 0 Å². The molecular weight excluding hydrogens is 284 g/mol. The van der Waals surface area contributed by atoms with Crippen LogP contribution >= 0.6 is 24.8 Å². The van der Waals surface area contributed by atoms with E-state index in [1.54, 1.807) is 0 Å². The van der Waals surface area contributed by atoms with Crippen LogP contribution in [0.3, 0.4) is 0 Å². The Hall–Kier alpha value is 0.240. The van der Waals surface area contributed by atoms with E-state index in [0.717, 1.165) is 13.0 Å². The van der Waals surface area contributed by atoms with Crippen LogP contribution in [0.25, 0.3) is 0 Å². The van der Waals surface area contributed by atoms with Crippen molar-refractivity contribution in [2.45, 2.75) is 96.8 Å². The van der Waals surface area contributed by atoms with Crippen LogP contribution in [-0.4, -0.2) is 11.0 Å². The van der Waals surface area contributed by atoms with E-state index in [9.17, 15) is 0 Å². The van der Waals surface area contributed by atoms with Gasteiger partial charge < -0.3 is 4.74 Å². The summed E-state index contributed by atoms with van der Waals surface area (Å²) in [7, 11) is 0. The standard InChI is InChI=1S/C17H34OS2/c1-2-3-4-5-6-7-8-9-10-11-12-13-14-15-16-18-17(19)20/h2-16H2,1H3,(H,19,20). The first kappa shape index (κ1) is 20.2. The molecule has 0 amide bonds. The first-order valence-electron chi connectivity index (χ1n) is 8.63. The van der Waals surface area contributed by atoms with Crippen molar-refractivity contribution in [2.24, 2.45) is 0 Å². The Kier molecular flexibility index (Phi) is 17.5. The van der Waals surface area contributed by atoms with Gasteiger partial charge in [-0.15, -0.1) is 0 Å². The smallest absolute Gasteiger partial charge is 0.216 e. The maximum Gasteiger partial charge on any atom is 0.216 e. The van der Waals surface area contributed by atoms with Crippen molar-refractivity contribution in [3.05, 3.63) is 0 Å². The summed E-state index contributed by atoms with van der Waals surface area (Å²) in [6, 6.07) is 0. The monoisotopic (exact) mass is 318 g/mol. The minimum absolute atomic E-state index is 0.375. The molecule has 0 rings (SSSR count). The predicted octanol–water partition coefficient (Wildman–Crippen LogP) is 6.70. The Morgan fingerprint density at radius 1 is 0.700 bits per heavy atom. The highest BCUT2D eigenvalue weighted by Gasteiger charge is 1.94. The van der Waals surface area contributed by atoms with E-state index in [-0.39, 0.29) is 0 Å². The average molecular weight is 319 g/mol. The van der Waals surface area contributed by atoms with Crippen molar-refractivity contribution in [1.29, 1.82) is 0 Å². The molecule has 0 bridgehead atoms. The van der Waals surface area contributed by atoms with Crippen LogP contribution in [0, 0.1) is 0 Å². The predicted molar refractivity (Wildman–Crippen MR) is 97.8 cm³/mol. The van der Waals surface area contributed by atoms with E-state index in [0.29, 0.717) is 4.38 Å². The van der Waals surface area contributed by atoms with Gasteiger partial charge in [-0.1, -0.05) is 103 Å². The molecule has 0 aliphatic carbocycles. The lowest BCUT2D eigenvalue weighted by molar-refractivity contribution is 0.308. The Labute approximate surface area is 137 Å². The zero-order valence-electron chi connectivity index (χ0n) is 13.4.